The van der Waals surface area contributed by atoms with Crippen LogP contribution in [-0.2, 0) is 0 Å². The van der Waals surface area contributed by atoms with Crippen LogP contribution in [0.3, 0.4) is 0 Å². The fourth-order valence-electron chi connectivity index (χ4n) is 2.53. The summed E-state index contributed by atoms with van der Waals surface area (Å²) in [4.78, 5) is 2.13. The van der Waals surface area contributed by atoms with Crippen LogP contribution in [0.4, 0.5) is 5.69 Å². The second kappa shape index (κ2) is 6.35. The van der Waals surface area contributed by atoms with E-state index in [1.54, 1.807) is 0 Å². The Balaban J connectivity index is 2.09. The van der Waals surface area contributed by atoms with Crippen molar-refractivity contribution in [1.82, 2.24) is 4.90 Å². The van der Waals surface area contributed by atoms with Crippen LogP contribution in [-0.4, -0.2) is 34.3 Å². The first-order valence-electron chi connectivity index (χ1n) is 6.88. The Morgan fingerprint density at radius 3 is 2.95 bits per heavy atom. The van der Waals surface area contributed by atoms with Crippen molar-refractivity contribution in [3.63, 3.8) is 0 Å². The molecule has 0 aromatic heterocycles. The van der Waals surface area contributed by atoms with Gasteiger partial charge in [-0.3, -0.25) is 0 Å². The molecule has 1 fully saturated rings. The Morgan fingerprint density at radius 2 is 2.21 bits per heavy atom. The number of hydrogen-bond acceptors (Lipinski definition) is 2. The Morgan fingerprint density at radius 1 is 1.42 bits per heavy atom. The summed E-state index contributed by atoms with van der Waals surface area (Å²) in [5, 5.41) is 13.5. The van der Waals surface area contributed by atoms with Crippen molar-refractivity contribution in [2.75, 3.05) is 18.5 Å². The molecule has 1 aromatic carbocycles. The average molecular weight is 278 g/mol. The summed E-state index contributed by atoms with van der Waals surface area (Å²) in [5.41, 5.74) is 3.54. The van der Waals surface area contributed by atoms with Gasteiger partial charge in [0, 0.05) is 12.2 Å². The Labute approximate surface area is 120 Å². The van der Waals surface area contributed by atoms with Crippen molar-refractivity contribution >= 4 is 23.0 Å². The lowest BCUT2D eigenvalue weighted by Crippen LogP contribution is -2.47. The van der Waals surface area contributed by atoms with E-state index in [1.807, 2.05) is 12.1 Å². The summed E-state index contributed by atoms with van der Waals surface area (Å²) in [7, 11) is 0. The molecule has 1 aliphatic rings. The lowest BCUT2D eigenvalue weighted by atomic mass is 10.0. The molecule has 2 rings (SSSR count). The van der Waals surface area contributed by atoms with Crippen molar-refractivity contribution in [2.45, 2.75) is 39.2 Å². The van der Waals surface area contributed by atoms with Crippen molar-refractivity contribution in [2.24, 2.45) is 0 Å². The minimum Gasteiger partial charge on any atom is -0.394 e. The number of aliphatic hydroxyl groups excluding tert-OH is 1. The quantitative estimate of drug-likeness (QED) is 0.816. The van der Waals surface area contributed by atoms with E-state index in [2.05, 4.69) is 30.1 Å². The van der Waals surface area contributed by atoms with Crippen LogP contribution in [0.1, 0.15) is 30.4 Å². The molecule has 1 atom stereocenters. The Bertz CT molecular complexity index is 461. The van der Waals surface area contributed by atoms with Crippen LogP contribution in [0.25, 0.3) is 0 Å². The van der Waals surface area contributed by atoms with E-state index >= 15 is 0 Å². The molecule has 104 valence electrons. The molecule has 0 unspecified atom stereocenters. The van der Waals surface area contributed by atoms with Crippen LogP contribution in [0.2, 0.25) is 0 Å². The van der Waals surface area contributed by atoms with Gasteiger partial charge >= 0.3 is 0 Å². The van der Waals surface area contributed by atoms with Gasteiger partial charge in [0.15, 0.2) is 5.11 Å². The highest BCUT2D eigenvalue weighted by atomic mass is 32.1. The summed E-state index contributed by atoms with van der Waals surface area (Å²) < 4.78 is 0. The van der Waals surface area contributed by atoms with E-state index in [4.69, 9.17) is 12.2 Å². The summed E-state index contributed by atoms with van der Waals surface area (Å²) in [6.45, 7) is 5.30. The van der Waals surface area contributed by atoms with Gasteiger partial charge in [0.1, 0.15) is 0 Å². The van der Waals surface area contributed by atoms with Gasteiger partial charge in [-0.1, -0.05) is 12.1 Å². The van der Waals surface area contributed by atoms with Crippen LogP contribution < -0.4 is 5.32 Å². The van der Waals surface area contributed by atoms with Gasteiger partial charge in [0.25, 0.3) is 0 Å². The SMILES string of the molecule is Cc1cccc(NC(=S)N2CCCC[C@H]2CO)c1C. The van der Waals surface area contributed by atoms with Crippen molar-refractivity contribution < 1.29 is 5.11 Å². The van der Waals surface area contributed by atoms with Crippen LogP contribution in [0, 0.1) is 13.8 Å². The highest BCUT2D eigenvalue weighted by molar-refractivity contribution is 7.80. The number of hydrogen-bond donors (Lipinski definition) is 2. The Kier molecular flexibility index (Phi) is 4.77. The lowest BCUT2D eigenvalue weighted by Gasteiger charge is -2.36. The minimum absolute atomic E-state index is 0.166. The minimum atomic E-state index is 0.166. The zero-order valence-electron chi connectivity index (χ0n) is 11.6. The third kappa shape index (κ3) is 3.25. The monoisotopic (exact) mass is 278 g/mol. The highest BCUT2D eigenvalue weighted by Gasteiger charge is 2.23. The first-order valence-corrected chi connectivity index (χ1v) is 7.29. The second-order valence-electron chi connectivity index (χ2n) is 5.20. The number of aliphatic hydroxyl groups is 1. The first kappa shape index (κ1) is 14.3. The fraction of sp³-hybridized carbons (Fsp3) is 0.533. The Hall–Kier alpha value is -1.13. The number of aryl methyl sites for hydroxylation is 1. The lowest BCUT2D eigenvalue weighted by molar-refractivity contribution is 0.149. The molecule has 19 heavy (non-hydrogen) atoms. The second-order valence-corrected chi connectivity index (χ2v) is 5.59. The van der Waals surface area contributed by atoms with E-state index in [0.29, 0.717) is 0 Å². The maximum absolute atomic E-state index is 9.45. The third-order valence-corrected chi connectivity index (χ3v) is 4.28. The number of piperidine rings is 1. The molecule has 4 heteroatoms. The van der Waals surface area contributed by atoms with Gasteiger partial charge in [-0.05, 0) is 62.5 Å². The molecular weight excluding hydrogens is 256 g/mol. The molecule has 3 nitrogen and oxygen atoms in total. The van der Waals surface area contributed by atoms with Crippen LogP contribution >= 0.6 is 12.2 Å². The number of anilines is 1. The van der Waals surface area contributed by atoms with E-state index in [1.165, 1.54) is 17.5 Å². The van der Waals surface area contributed by atoms with Gasteiger partial charge in [-0.25, -0.2) is 0 Å². The van der Waals surface area contributed by atoms with E-state index in [9.17, 15) is 5.11 Å². The topological polar surface area (TPSA) is 35.5 Å². The van der Waals surface area contributed by atoms with Crippen molar-refractivity contribution in [3.05, 3.63) is 29.3 Å². The van der Waals surface area contributed by atoms with Gasteiger partial charge in [0.05, 0.1) is 12.6 Å². The highest BCUT2D eigenvalue weighted by Crippen LogP contribution is 2.21. The van der Waals surface area contributed by atoms with Gasteiger partial charge < -0.3 is 15.3 Å². The number of rotatable bonds is 2. The van der Waals surface area contributed by atoms with E-state index in [0.717, 1.165) is 30.2 Å². The van der Waals surface area contributed by atoms with Gasteiger partial charge in [0.2, 0.25) is 0 Å². The zero-order valence-corrected chi connectivity index (χ0v) is 12.5. The third-order valence-electron chi connectivity index (χ3n) is 3.94. The zero-order chi connectivity index (χ0) is 13.8. The largest absolute Gasteiger partial charge is 0.394 e. The summed E-state index contributed by atoms with van der Waals surface area (Å²) in [5.74, 6) is 0. The first-order chi connectivity index (χ1) is 9.13. The molecule has 0 bridgehead atoms. The smallest absolute Gasteiger partial charge is 0.173 e. The molecule has 0 amide bonds. The molecule has 0 saturated carbocycles. The summed E-state index contributed by atoms with van der Waals surface area (Å²) >= 11 is 5.51. The molecule has 0 radical (unpaired) electrons. The molecule has 0 spiro atoms. The average Bonchev–Trinajstić information content (AvgIpc) is 2.43. The molecule has 2 N–H and O–H groups in total. The number of thiocarbonyl (C=S) groups is 1. The maximum Gasteiger partial charge on any atom is 0.173 e. The molecular formula is C15H22N2OS. The molecule has 1 aliphatic heterocycles. The fourth-order valence-corrected chi connectivity index (χ4v) is 2.88. The van der Waals surface area contributed by atoms with Gasteiger partial charge in [-0.2, -0.15) is 0 Å². The predicted molar refractivity (Wildman–Crippen MR) is 83.6 cm³/mol. The van der Waals surface area contributed by atoms with E-state index < -0.39 is 0 Å². The van der Waals surface area contributed by atoms with Crippen molar-refractivity contribution in [1.29, 1.82) is 0 Å². The summed E-state index contributed by atoms with van der Waals surface area (Å²) in [6, 6.07) is 6.35. The number of nitrogens with zero attached hydrogens (tertiary/aromatic N) is 1. The number of nitrogens with one attached hydrogen (secondary N) is 1. The van der Waals surface area contributed by atoms with E-state index in [-0.39, 0.29) is 12.6 Å². The van der Waals surface area contributed by atoms with Crippen LogP contribution in [0.15, 0.2) is 18.2 Å². The maximum atomic E-state index is 9.45. The van der Waals surface area contributed by atoms with Crippen molar-refractivity contribution in [3.8, 4) is 0 Å². The predicted octanol–water partition coefficient (Wildman–Crippen LogP) is 2.85. The molecule has 0 aliphatic carbocycles. The molecule has 1 saturated heterocycles. The normalized spacial score (nSPS) is 19.3. The number of benzene rings is 1. The summed E-state index contributed by atoms with van der Waals surface area (Å²) in [6.07, 6.45) is 3.34. The van der Waals surface area contributed by atoms with Gasteiger partial charge in [-0.15, -0.1) is 0 Å². The molecule has 1 aromatic rings. The van der Waals surface area contributed by atoms with Crippen LogP contribution in [0.5, 0.6) is 0 Å². The molecule has 1 heterocycles. The number of likely N-dealkylation sites (tertiary alicyclic amines) is 1. The standard InChI is InChI=1S/C15H22N2OS/c1-11-6-5-8-14(12(11)2)16-15(19)17-9-4-3-7-13(17)10-18/h5-6,8,13,18H,3-4,7,9-10H2,1-2H3,(H,16,19)/t13-/m0/s1.